The number of halogens is 1. The van der Waals surface area contributed by atoms with Gasteiger partial charge in [-0.25, -0.2) is 0 Å². The van der Waals surface area contributed by atoms with Gasteiger partial charge < -0.3 is 15.9 Å². The second kappa shape index (κ2) is 7.17. The minimum atomic E-state index is -2.69. The predicted molar refractivity (Wildman–Crippen MR) is 114 cm³/mol. The van der Waals surface area contributed by atoms with Crippen molar-refractivity contribution in [3.63, 3.8) is 0 Å². The molecule has 0 heterocycles. The lowest BCUT2D eigenvalue weighted by molar-refractivity contribution is -0.181. The number of amides is 1. The third-order valence-electron chi connectivity index (χ3n) is 6.89. The molecule has 0 radical (unpaired) electrons. The summed E-state index contributed by atoms with van der Waals surface area (Å²) in [4.78, 5) is 66.2. The summed E-state index contributed by atoms with van der Waals surface area (Å²) in [5, 5.41) is 21.7. The summed E-state index contributed by atoms with van der Waals surface area (Å²) in [7, 11) is 3.10. The molecule has 164 valence electrons. The fraction of sp³-hybridized carbons (Fsp3) is 0.476. The Kier molecular flexibility index (Phi) is 5.10. The highest BCUT2D eigenvalue weighted by Gasteiger charge is 2.69. The van der Waals surface area contributed by atoms with Crippen LogP contribution in [0.4, 0.5) is 0 Å². The minimum Gasteiger partial charge on any atom is -0.507 e. The molecule has 0 saturated heterocycles. The van der Waals surface area contributed by atoms with Crippen LogP contribution in [0.3, 0.4) is 0 Å². The van der Waals surface area contributed by atoms with Crippen LogP contribution in [-0.2, 0) is 25.6 Å². The average molecular weight is 540 g/mol. The fourth-order valence-electron chi connectivity index (χ4n) is 5.57. The normalized spacial score (nSPS) is 34.9. The maximum absolute atomic E-state index is 13.5. The lowest BCUT2D eigenvalue weighted by Gasteiger charge is -2.52. The van der Waals surface area contributed by atoms with Crippen LogP contribution in [0.5, 0.6) is 5.75 Å². The molecular weight excluding hydrogens is 519 g/mol. The van der Waals surface area contributed by atoms with E-state index < -0.39 is 64.4 Å². The molecule has 0 aromatic heterocycles. The Labute approximate surface area is 191 Å². The first-order chi connectivity index (χ1) is 14.4. The second-order valence-electron chi connectivity index (χ2n) is 8.71. The highest BCUT2D eigenvalue weighted by Crippen LogP contribution is 2.50. The van der Waals surface area contributed by atoms with Crippen molar-refractivity contribution in [2.24, 2.45) is 29.4 Å². The van der Waals surface area contributed by atoms with Crippen LogP contribution in [-0.4, -0.2) is 69.9 Å². The monoisotopic (exact) mass is 540 g/mol. The number of Topliss-reactive ketones (excluding diaryl/α,β-unsaturated/α-hetero) is 4. The van der Waals surface area contributed by atoms with Gasteiger partial charge in [-0.3, -0.25) is 28.9 Å². The number of hydrogen-bond donors (Lipinski definition) is 3. The van der Waals surface area contributed by atoms with Gasteiger partial charge in [-0.15, -0.1) is 0 Å². The zero-order chi connectivity index (χ0) is 23.0. The lowest BCUT2D eigenvalue weighted by Crippen LogP contribution is -2.74. The molecule has 1 amide bonds. The van der Waals surface area contributed by atoms with Crippen LogP contribution in [0.25, 0.3) is 0 Å². The zero-order valence-electron chi connectivity index (χ0n) is 16.8. The van der Waals surface area contributed by atoms with Gasteiger partial charge in [-0.2, -0.15) is 0 Å². The van der Waals surface area contributed by atoms with Crippen LogP contribution < -0.4 is 5.73 Å². The number of carbonyl (C=O) groups is 5. The Morgan fingerprint density at radius 1 is 1.19 bits per heavy atom. The summed E-state index contributed by atoms with van der Waals surface area (Å²) in [6.07, 6.45) is 0.328. The first-order valence-electron chi connectivity index (χ1n) is 9.77. The molecule has 3 aliphatic rings. The number of nitrogens with zero attached hydrogens (tertiary/aromatic N) is 1. The van der Waals surface area contributed by atoms with E-state index in [9.17, 15) is 34.2 Å². The van der Waals surface area contributed by atoms with Gasteiger partial charge in [-0.1, -0.05) is 0 Å². The van der Waals surface area contributed by atoms with Crippen molar-refractivity contribution in [1.29, 1.82) is 0 Å². The molecule has 4 N–H and O–H groups in total. The first kappa shape index (κ1) is 22.0. The summed E-state index contributed by atoms with van der Waals surface area (Å²) in [5.74, 6) is -10.2. The molecule has 2 fully saturated rings. The summed E-state index contributed by atoms with van der Waals surface area (Å²) >= 11 is 2.04. The summed E-state index contributed by atoms with van der Waals surface area (Å²) in [6.45, 7) is 0. The number of fused-ring (bicyclic) bond motifs is 3. The topological polar surface area (TPSA) is 155 Å². The van der Waals surface area contributed by atoms with Crippen molar-refractivity contribution in [3.8, 4) is 5.75 Å². The fourth-order valence-corrected chi connectivity index (χ4v) is 6.24. The van der Waals surface area contributed by atoms with E-state index in [1.54, 1.807) is 20.2 Å². The van der Waals surface area contributed by atoms with Crippen molar-refractivity contribution in [2.75, 3.05) is 14.1 Å². The number of nitrogens with two attached hydrogens (primary N) is 1. The van der Waals surface area contributed by atoms with E-state index in [-0.39, 0.29) is 24.2 Å². The zero-order valence-corrected chi connectivity index (χ0v) is 19.0. The standard InChI is InChI=1S/C21H21IN2O7/c1-24(2)15-9-6-7-5-8-10(22)3-4-11(25)13(8)16(26)12(7)18(28)21(9,31)19(29)14(17(15)27)20(23)30/h3-4,7,9,12,14-15,25,31H,5-6H2,1-2H3,(H2,23,30)/t7?,9?,12?,14?,15?,21-/m0/s1. The second-order valence-corrected chi connectivity index (χ2v) is 9.87. The number of phenols is 1. The highest BCUT2D eigenvalue weighted by molar-refractivity contribution is 14.1. The smallest absolute Gasteiger partial charge is 0.235 e. The molecule has 6 atom stereocenters. The molecule has 2 saturated carbocycles. The lowest BCUT2D eigenvalue weighted by atomic mass is 9.52. The van der Waals surface area contributed by atoms with E-state index in [4.69, 9.17) is 5.73 Å². The van der Waals surface area contributed by atoms with E-state index >= 15 is 0 Å². The van der Waals surface area contributed by atoms with Gasteiger partial charge in [0.15, 0.2) is 34.7 Å². The van der Waals surface area contributed by atoms with Crippen LogP contribution in [0.1, 0.15) is 22.3 Å². The molecule has 0 spiro atoms. The van der Waals surface area contributed by atoms with Crippen molar-refractivity contribution in [2.45, 2.75) is 24.5 Å². The Bertz CT molecular complexity index is 1070. The first-order valence-corrected chi connectivity index (χ1v) is 10.9. The summed E-state index contributed by atoms with van der Waals surface area (Å²) in [5.41, 5.74) is 3.21. The van der Waals surface area contributed by atoms with Gasteiger partial charge in [0.1, 0.15) is 5.75 Å². The molecule has 31 heavy (non-hydrogen) atoms. The number of aromatic hydroxyl groups is 1. The van der Waals surface area contributed by atoms with Crippen molar-refractivity contribution in [1.82, 2.24) is 4.90 Å². The third kappa shape index (κ3) is 2.84. The Morgan fingerprint density at radius 2 is 1.84 bits per heavy atom. The molecular formula is C21H21IN2O7. The van der Waals surface area contributed by atoms with Crippen molar-refractivity contribution >= 4 is 51.6 Å². The van der Waals surface area contributed by atoms with E-state index in [1.165, 1.54) is 11.0 Å². The van der Waals surface area contributed by atoms with Gasteiger partial charge in [0, 0.05) is 9.49 Å². The summed E-state index contributed by atoms with van der Waals surface area (Å²) in [6, 6.07) is 1.93. The van der Waals surface area contributed by atoms with E-state index in [0.717, 1.165) is 3.57 Å². The molecule has 10 heteroatoms. The molecule has 0 aliphatic heterocycles. The number of carbonyl (C=O) groups excluding carboxylic acids is 5. The van der Waals surface area contributed by atoms with Gasteiger partial charge in [0.05, 0.1) is 17.5 Å². The van der Waals surface area contributed by atoms with Gasteiger partial charge in [-0.05, 0) is 73.1 Å². The number of ketones is 4. The summed E-state index contributed by atoms with van der Waals surface area (Å²) < 4.78 is 0.749. The minimum absolute atomic E-state index is 0.0125. The number of aliphatic hydroxyl groups is 1. The maximum atomic E-state index is 13.5. The van der Waals surface area contributed by atoms with Crippen LogP contribution >= 0.6 is 22.6 Å². The SMILES string of the molecule is CN(C)C1C(=O)C(C(N)=O)C(=O)[C@@]2(O)C(=O)C3C(=O)c4c(O)ccc(I)c4CC3CC12. The number of benzene rings is 1. The largest absolute Gasteiger partial charge is 0.507 e. The van der Waals surface area contributed by atoms with E-state index in [0.29, 0.717) is 5.56 Å². The molecule has 3 aliphatic carbocycles. The number of hydrogen-bond acceptors (Lipinski definition) is 8. The molecule has 9 nitrogen and oxygen atoms in total. The van der Waals surface area contributed by atoms with E-state index in [1.807, 2.05) is 22.6 Å². The van der Waals surface area contributed by atoms with Crippen LogP contribution in [0.15, 0.2) is 12.1 Å². The maximum Gasteiger partial charge on any atom is 0.235 e. The van der Waals surface area contributed by atoms with Crippen molar-refractivity contribution < 1.29 is 34.2 Å². The predicted octanol–water partition coefficient (Wildman–Crippen LogP) is -0.528. The van der Waals surface area contributed by atoms with Crippen LogP contribution in [0, 0.1) is 27.2 Å². The van der Waals surface area contributed by atoms with Gasteiger partial charge >= 0.3 is 0 Å². The molecule has 1 aromatic rings. The Hall–Kier alpha value is -2.18. The highest BCUT2D eigenvalue weighted by atomic mass is 127. The number of likely N-dealkylation sites (N-methyl/N-ethyl adjacent to an activating group) is 1. The molecule has 5 unspecified atom stereocenters. The van der Waals surface area contributed by atoms with E-state index in [2.05, 4.69) is 0 Å². The number of rotatable bonds is 2. The average Bonchev–Trinajstić information content (AvgIpc) is 2.67. The Morgan fingerprint density at radius 3 is 2.42 bits per heavy atom. The third-order valence-corrected chi connectivity index (χ3v) is 7.90. The van der Waals surface area contributed by atoms with Gasteiger partial charge in [0.2, 0.25) is 5.91 Å². The molecule has 1 aromatic carbocycles. The molecule has 4 rings (SSSR count). The quantitative estimate of drug-likeness (QED) is 0.334. The van der Waals surface area contributed by atoms with Crippen LogP contribution in [0.2, 0.25) is 0 Å². The number of phenolic OH excluding ortho intramolecular Hbond substituents is 1. The number of primary amides is 1. The van der Waals surface area contributed by atoms with Gasteiger partial charge in [0.25, 0.3) is 0 Å². The Balaban J connectivity index is 1.88. The molecule has 0 bridgehead atoms. The van der Waals surface area contributed by atoms with Crippen molar-refractivity contribution in [3.05, 3.63) is 26.8 Å².